The first kappa shape index (κ1) is 8.96. The van der Waals surface area contributed by atoms with Crippen LogP contribution in [-0.4, -0.2) is 38.3 Å². The van der Waals surface area contributed by atoms with Gasteiger partial charge in [-0.25, -0.2) is 13.1 Å². The lowest BCUT2D eigenvalue weighted by molar-refractivity contribution is 0.258. The summed E-state index contributed by atoms with van der Waals surface area (Å²) < 4.78 is 24.9. The third-order valence-corrected chi connectivity index (χ3v) is 3.87. The zero-order valence-corrected chi connectivity index (χ0v) is 7.69. The van der Waals surface area contributed by atoms with Gasteiger partial charge in [-0.15, -0.1) is 0 Å². The fourth-order valence-electron chi connectivity index (χ4n) is 1.25. The summed E-state index contributed by atoms with van der Waals surface area (Å²) in [6, 6.07) is 0. The summed E-state index contributed by atoms with van der Waals surface area (Å²) in [6.07, 6.45) is 0. The number of rotatable bonds is 1. The number of nitrogens with one attached hydrogen (secondary N) is 1. The van der Waals surface area contributed by atoms with Gasteiger partial charge in [0.1, 0.15) is 5.37 Å². The Labute approximate surface area is 67.6 Å². The van der Waals surface area contributed by atoms with Crippen molar-refractivity contribution in [2.24, 2.45) is 0 Å². The zero-order chi connectivity index (χ0) is 8.48. The van der Waals surface area contributed by atoms with Gasteiger partial charge in [-0.05, 0) is 13.5 Å². The maximum absolute atomic E-state index is 11.2. The topological polar surface area (TPSA) is 49.4 Å². The van der Waals surface area contributed by atoms with E-state index in [2.05, 4.69) is 4.72 Å². The van der Waals surface area contributed by atoms with Crippen LogP contribution in [0.2, 0.25) is 0 Å². The molecule has 0 bridgehead atoms. The van der Waals surface area contributed by atoms with Crippen LogP contribution in [0.4, 0.5) is 0 Å². The van der Waals surface area contributed by atoms with Crippen LogP contribution in [-0.2, 0) is 10.0 Å². The molecule has 0 spiro atoms. The van der Waals surface area contributed by atoms with Crippen LogP contribution in [0, 0.1) is 0 Å². The molecule has 11 heavy (non-hydrogen) atoms. The van der Waals surface area contributed by atoms with Crippen LogP contribution in [0.3, 0.4) is 0 Å². The number of likely N-dealkylation sites (N-methyl/N-ethyl adjacent to an activating group) is 1. The maximum Gasteiger partial charge on any atom is 0.227 e. The summed E-state index contributed by atoms with van der Waals surface area (Å²) in [4.78, 5) is 1.94. The summed E-state index contributed by atoms with van der Waals surface area (Å²) in [5.41, 5.74) is 0. The largest absolute Gasteiger partial charge is 0.285 e. The lowest BCUT2D eigenvalue weighted by atomic mass is 10.5. The summed E-state index contributed by atoms with van der Waals surface area (Å²) in [5.74, 6) is 0. The van der Waals surface area contributed by atoms with E-state index in [1.807, 2.05) is 11.8 Å². The molecular formula is C6H14N2O2S. The van der Waals surface area contributed by atoms with E-state index in [9.17, 15) is 8.42 Å². The molecular weight excluding hydrogens is 164 g/mol. The maximum atomic E-state index is 11.2. The van der Waals surface area contributed by atoms with Gasteiger partial charge in [0.15, 0.2) is 0 Å². The number of nitrogens with zero attached hydrogens (tertiary/aromatic N) is 1. The van der Waals surface area contributed by atoms with E-state index >= 15 is 0 Å². The van der Waals surface area contributed by atoms with Crippen molar-refractivity contribution < 1.29 is 8.42 Å². The molecule has 0 aromatic rings. The van der Waals surface area contributed by atoms with Gasteiger partial charge in [0.05, 0.1) is 0 Å². The Kier molecular flexibility index (Phi) is 2.51. The third-order valence-electron chi connectivity index (χ3n) is 2.07. The molecule has 1 aliphatic heterocycles. The molecule has 4 nitrogen and oxygen atoms in total. The van der Waals surface area contributed by atoms with Gasteiger partial charge in [-0.3, -0.25) is 4.90 Å². The summed E-state index contributed by atoms with van der Waals surface area (Å²) >= 11 is 0. The van der Waals surface area contributed by atoms with Crippen molar-refractivity contribution in [1.82, 2.24) is 9.62 Å². The Morgan fingerprint density at radius 1 is 1.64 bits per heavy atom. The van der Waals surface area contributed by atoms with Crippen LogP contribution in [0.25, 0.3) is 0 Å². The minimum atomic E-state index is -3.05. The van der Waals surface area contributed by atoms with E-state index in [1.54, 1.807) is 6.92 Å². The highest BCUT2D eigenvalue weighted by Crippen LogP contribution is 2.08. The monoisotopic (exact) mass is 178 g/mol. The molecule has 0 aromatic carbocycles. The van der Waals surface area contributed by atoms with E-state index in [-0.39, 0.29) is 5.37 Å². The molecule has 0 aromatic heterocycles. The normalized spacial score (nSPS) is 32.0. The van der Waals surface area contributed by atoms with E-state index in [4.69, 9.17) is 0 Å². The van der Waals surface area contributed by atoms with Crippen molar-refractivity contribution >= 4 is 10.0 Å². The minimum Gasteiger partial charge on any atom is -0.285 e. The summed E-state index contributed by atoms with van der Waals surface area (Å²) in [7, 11) is -3.05. The second-order valence-corrected chi connectivity index (χ2v) is 4.73. The Morgan fingerprint density at radius 2 is 2.27 bits per heavy atom. The SMILES string of the molecule is CCN1CCNS(=O)(=O)C1C. The van der Waals surface area contributed by atoms with Crippen molar-refractivity contribution in [1.29, 1.82) is 0 Å². The third kappa shape index (κ3) is 1.72. The highest BCUT2D eigenvalue weighted by molar-refractivity contribution is 7.90. The standard InChI is InChI=1S/C6H14N2O2S/c1-3-8-5-4-7-11(9,10)6(8)2/h6-7H,3-5H2,1-2H3. The fraction of sp³-hybridized carbons (Fsp3) is 1.00. The summed E-state index contributed by atoms with van der Waals surface area (Å²) in [5, 5.41) is -0.374. The molecule has 0 amide bonds. The van der Waals surface area contributed by atoms with Gasteiger partial charge < -0.3 is 0 Å². The van der Waals surface area contributed by atoms with E-state index < -0.39 is 10.0 Å². The van der Waals surface area contributed by atoms with Gasteiger partial charge >= 0.3 is 0 Å². The lowest BCUT2D eigenvalue weighted by Gasteiger charge is -2.32. The molecule has 1 heterocycles. The molecule has 0 aliphatic carbocycles. The van der Waals surface area contributed by atoms with Crippen molar-refractivity contribution in [2.45, 2.75) is 19.2 Å². The Bertz CT molecular complexity index is 225. The van der Waals surface area contributed by atoms with E-state index in [0.717, 1.165) is 13.1 Å². The Hall–Kier alpha value is -0.130. The van der Waals surface area contributed by atoms with E-state index in [0.29, 0.717) is 6.54 Å². The Balaban J connectivity index is 2.76. The second kappa shape index (κ2) is 3.08. The first-order valence-corrected chi connectivity index (χ1v) is 5.35. The molecule has 1 rings (SSSR count). The zero-order valence-electron chi connectivity index (χ0n) is 6.87. The average molecular weight is 178 g/mol. The van der Waals surface area contributed by atoms with Crippen molar-refractivity contribution in [2.75, 3.05) is 19.6 Å². The number of hydrogen-bond donors (Lipinski definition) is 1. The van der Waals surface area contributed by atoms with E-state index in [1.165, 1.54) is 0 Å². The van der Waals surface area contributed by atoms with Crippen molar-refractivity contribution in [3.8, 4) is 0 Å². The molecule has 0 radical (unpaired) electrons. The van der Waals surface area contributed by atoms with Gasteiger partial charge in [0.2, 0.25) is 10.0 Å². The molecule has 1 N–H and O–H groups in total. The smallest absolute Gasteiger partial charge is 0.227 e. The van der Waals surface area contributed by atoms with Crippen LogP contribution in [0.1, 0.15) is 13.8 Å². The number of hydrogen-bond acceptors (Lipinski definition) is 3. The predicted molar refractivity (Wildman–Crippen MR) is 43.6 cm³/mol. The fourth-order valence-corrected chi connectivity index (χ4v) is 2.51. The molecule has 1 aliphatic rings. The molecule has 66 valence electrons. The van der Waals surface area contributed by atoms with Gasteiger partial charge in [0.25, 0.3) is 0 Å². The first-order valence-electron chi connectivity index (χ1n) is 3.80. The summed E-state index contributed by atoms with van der Waals surface area (Å²) in [6.45, 7) is 5.84. The average Bonchev–Trinajstić information content (AvgIpc) is 1.95. The molecule has 5 heteroatoms. The van der Waals surface area contributed by atoms with Gasteiger partial charge in [0, 0.05) is 13.1 Å². The minimum absolute atomic E-state index is 0.374. The highest BCUT2D eigenvalue weighted by atomic mass is 32.2. The Morgan fingerprint density at radius 3 is 2.73 bits per heavy atom. The lowest BCUT2D eigenvalue weighted by Crippen LogP contribution is -2.53. The van der Waals surface area contributed by atoms with Crippen LogP contribution >= 0.6 is 0 Å². The molecule has 1 saturated heterocycles. The van der Waals surface area contributed by atoms with Gasteiger partial charge in [-0.1, -0.05) is 6.92 Å². The molecule has 1 fully saturated rings. The van der Waals surface area contributed by atoms with Crippen molar-refractivity contribution in [3.63, 3.8) is 0 Å². The number of sulfonamides is 1. The predicted octanol–water partition coefficient (Wildman–Crippen LogP) is -0.413. The van der Waals surface area contributed by atoms with Crippen molar-refractivity contribution in [3.05, 3.63) is 0 Å². The molecule has 1 unspecified atom stereocenters. The second-order valence-electron chi connectivity index (χ2n) is 2.67. The van der Waals surface area contributed by atoms with Crippen LogP contribution in [0.15, 0.2) is 0 Å². The molecule has 0 saturated carbocycles. The van der Waals surface area contributed by atoms with Crippen LogP contribution < -0.4 is 4.72 Å². The first-order chi connectivity index (χ1) is 5.08. The van der Waals surface area contributed by atoms with Gasteiger partial charge in [-0.2, -0.15) is 0 Å². The molecule has 1 atom stereocenters. The highest BCUT2D eigenvalue weighted by Gasteiger charge is 2.29. The van der Waals surface area contributed by atoms with Crippen LogP contribution in [0.5, 0.6) is 0 Å². The quantitative estimate of drug-likeness (QED) is 0.593.